The molecule has 1 aromatic carbocycles. The Kier molecular flexibility index (Phi) is 5.31. The fourth-order valence-electron chi connectivity index (χ4n) is 1.82. The highest BCUT2D eigenvalue weighted by Gasteiger charge is 2.26. The predicted octanol–water partition coefficient (Wildman–Crippen LogP) is 2.25. The van der Waals surface area contributed by atoms with Crippen molar-refractivity contribution < 1.29 is 18.3 Å². The van der Waals surface area contributed by atoms with E-state index >= 15 is 0 Å². The molecule has 1 rings (SSSR count). The van der Waals surface area contributed by atoms with Crippen molar-refractivity contribution >= 4 is 16.0 Å². The molecule has 0 heterocycles. The zero-order chi connectivity index (χ0) is 16.3. The standard InChI is InChI=1S/C15H21NO4S/c1-5-10-16(11-14(17)18)21(19,20)13-8-6-12(7-9-13)15(2,3)4/h5-9H,1,10-11H2,2-4H3,(H,17,18). The topological polar surface area (TPSA) is 74.7 Å². The SMILES string of the molecule is C=CCN(CC(=O)O)S(=O)(=O)c1ccc(C(C)(C)C)cc1. The minimum Gasteiger partial charge on any atom is -0.480 e. The maximum atomic E-state index is 12.4. The number of nitrogens with zero attached hydrogens (tertiary/aromatic N) is 1. The van der Waals surface area contributed by atoms with Crippen LogP contribution >= 0.6 is 0 Å². The van der Waals surface area contributed by atoms with Crippen molar-refractivity contribution in [2.75, 3.05) is 13.1 Å². The zero-order valence-corrected chi connectivity index (χ0v) is 13.4. The fourth-order valence-corrected chi connectivity index (χ4v) is 3.18. The van der Waals surface area contributed by atoms with Crippen LogP contribution < -0.4 is 0 Å². The molecular formula is C15H21NO4S. The van der Waals surface area contributed by atoms with Gasteiger partial charge in [0.1, 0.15) is 6.54 Å². The van der Waals surface area contributed by atoms with Crippen LogP contribution in [0.15, 0.2) is 41.8 Å². The third-order valence-corrected chi connectivity index (χ3v) is 4.83. The summed E-state index contributed by atoms with van der Waals surface area (Å²) in [4.78, 5) is 10.9. The molecule has 0 aliphatic heterocycles. The fraction of sp³-hybridized carbons (Fsp3) is 0.400. The Morgan fingerprint density at radius 3 is 2.19 bits per heavy atom. The van der Waals surface area contributed by atoms with Crippen LogP contribution in [0.4, 0.5) is 0 Å². The van der Waals surface area contributed by atoms with Gasteiger partial charge in [-0.25, -0.2) is 8.42 Å². The second kappa shape index (κ2) is 6.41. The van der Waals surface area contributed by atoms with Crippen LogP contribution in [0.5, 0.6) is 0 Å². The number of aliphatic carboxylic acids is 1. The number of rotatable bonds is 6. The van der Waals surface area contributed by atoms with Crippen molar-refractivity contribution in [2.45, 2.75) is 31.1 Å². The Labute approximate surface area is 126 Å². The largest absolute Gasteiger partial charge is 0.480 e. The molecule has 0 aromatic heterocycles. The van der Waals surface area contributed by atoms with Gasteiger partial charge in [0.05, 0.1) is 4.90 Å². The Bertz CT molecular complexity index is 612. The highest BCUT2D eigenvalue weighted by molar-refractivity contribution is 7.89. The average molecular weight is 311 g/mol. The van der Waals surface area contributed by atoms with E-state index in [9.17, 15) is 13.2 Å². The minimum absolute atomic E-state index is 0.0460. The summed E-state index contributed by atoms with van der Waals surface area (Å²) in [5.74, 6) is -1.20. The van der Waals surface area contributed by atoms with Crippen molar-refractivity contribution in [1.29, 1.82) is 0 Å². The van der Waals surface area contributed by atoms with Crippen LogP contribution in [0.2, 0.25) is 0 Å². The van der Waals surface area contributed by atoms with Crippen molar-refractivity contribution in [3.63, 3.8) is 0 Å². The number of carbonyl (C=O) groups is 1. The van der Waals surface area contributed by atoms with E-state index in [2.05, 4.69) is 6.58 Å². The zero-order valence-electron chi connectivity index (χ0n) is 12.5. The van der Waals surface area contributed by atoms with Crippen molar-refractivity contribution in [2.24, 2.45) is 0 Å². The summed E-state index contributed by atoms with van der Waals surface area (Å²) in [6.45, 7) is 8.93. The highest BCUT2D eigenvalue weighted by Crippen LogP contribution is 2.24. The molecule has 0 radical (unpaired) electrons. The van der Waals surface area contributed by atoms with Crippen molar-refractivity contribution in [1.82, 2.24) is 4.31 Å². The molecule has 0 fully saturated rings. The molecule has 0 aliphatic rings. The third kappa shape index (κ3) is 4.41. The molecule has 0 atom stereocenters. The van der Waals surface area contributed by atoms with Crippen LogP contribution in [-0.4, -0.2) is 36.9 Å². The van der Waals surface area contributed by atoms with Crippen molar-refractivity contribution in [3.05, 3.63) is 42.5 Å². The first kappa shape index (κ1) is 17.4. The van der Waals surface area contributed by atoms with E-state index in [1.165, 1.54) is 18.2 Å². The summed E-state index contributed by atoms with van der Waals surface area (Å²) < 4.78 is 25.8. The third-order valence-electron chi connectivity index (χ3n) is 3.00. The molecule has 116 valence electrons. The lowest BCUT2D eigenvalue weighted by Gasteiger charge is -2.21. The van der Waals surface area contributed by atoms with Crippen molar-refractivity contribution in [3.8, 4) is 0 Å². The molecule has 0 bridgehead atoms. The number of hydrogen-bond donors (Lipinski definition) is 1. The van der Waals surface area contributed by atoms with E-state index in [0.29, 0.717) is 0 Å². The van der Waals surface area contributed by atoms with E-state index in [1.54, 1.807) is 12.1 Å². The normalized spacial score (nSPS) is 12.4. The number of sulfonamides is 1. The van der Waals surface area contributed by atoms with Gasteiger partial charge in [0.2, 0.25) is 10.0 Å². The van der Waals surface area contributed by atoms with Gasteiger partial charge in [0, 0.05) is 6.54 Å². The van der Waals surface area contributed by atoms with Gasteiger partial charge in [0.15, 0.2) is 0 Å². The van der Waals surface area contributed by atoms with Gasteiger partial charge in [-0.05, 0) is 23.1 Å². The predicted molar refractivity (Wildman–Crippen MR) is 81.7 cm³/mol. The maximum absolute atomic E-state index is 12.4. The van der Waals surface area contributed by atoms with E-state index in [1.807, 2.05) is 20.8 Å². The summed E-state index contributed by atoms with van der Waals surface area (Å²) in [6, 6.07) is 6.52. The van der Waals surface area contributed by atoms with E-state index in [4.69, 9.17) is 5.11 Å². The number of benzene rings is 1. The van der Waals surface area contributed by atoms with Gasteiger partial charge in [-0.1, -0.05) is 39.0 Å². The molecule has 0 saturated heterocycles. The van der Waals surface area contributed by atoms with E-state index < -0.39 is 22.5 Å². The first-order chi connectivity index (χ1) is 9.59. The number of hydrogen-bond acceptors (Lipinski definition) is 3. The second-order valence-corrected chi connectivity index (χ2v) is 7.69. The second-order valence-electron chi connectivity index (χ2n) is 5.75. The van der Waals surface area contributed by atoms with Crippen LogP contribution in [0.3, 0.4) is 0 Å². The summed E-state index contributed by atoms with van der Waals surface area (Å²) in [7, 11) is -3.84. The summed E-state index contributed by atoms with van der Waals surface area (Å²) in [6.07, 6.45) is 1.37. The Hall–Kier alpha value is -1.66. The molecule has 0 unspecified atom stereocenters. The van der Waals surface area contributed by atoms with Crippen LogP contribution in [-0.2, 0) is 20.2 Å². The Balaban J connectivity index is 3.16. The minimum atomic E-state index is -3.84. The van der Waals surface area contributed by atoms with Gasteiger partial charge < -0.3 is 5.11 Å². The molecule has 5 nitrogen and oxygen atoms in total. The lowest BCUT2D eigenvalue weighted by atomic mass is 9.87. The molecule has 0 amide bonds. The highest BCUT2D eigenvalue weighted by atomic mass is 32.2. The summed E-state index contributed by atoms with van der Waals surface area (Å²) in [5.41, 5.74) is 0.930. The van der Waals surface area contributed by atoms with E-state index in [-0.39, 0.29) is 16.9 Å². The summed E-state index contributed by atoms with van der Waals surface area (Å²) >= 11 is 0. The molecule has 1 aromatic rings. The van der Waals surface area contributed by atoms with E-state index in [0.717, 1.165) is 9.87 Å². The molecule has 0 aliphatic carbocycles. The Morgan fingerprint density at radius 1 is 1.29 bits per heavy atom. The average Bonchev–Trinajstić information content (AvgIpc) is 2.37. The number of carboxylic acid groups (broad SMARTS) is 1. The lowest BCUT2D eigenvalue weighted by molar-refractivity contribution is -0.137. The molecule has 21 heavy (non-hydrogen) atoms. The smallest absolute Gasteiger partial charge is 0.318 e. The number of carboxylic acids is 1. The van der Waals surface area contributed by atoms with Crippen LogP contribution in [0.1, 0.15) is 26.3 Å². The first-order valence-corrected chi connectivity index (χ1v) is 7.96. The van der Waals surface area contributed by atoms with Crippen LogP contribution in [0.25, 0.3) is 0 Å². The Morgan fingerprint density at radius 2 is 1.81 bits per heavy atom. The molecule has 1 N–H and O–H groups in total. The first-order valence-electron chi connectivity index (χ1n) is 6.52. The monoisotopic (exact) mass is 311 g/mol. The van der Waals surface area contributed by atoms with Crippen LogP contribution in [0, 0.1) is 0 Å². The molecule has 6 heteroatoms. The van der Waals surface area contributed by atoms with Gasteiger partial charge in [-0.3, -0.25) is 4.79 Å². The molecule has 0 saturated carbocycles. The van der Waals surface area contributed by atoms with Gasteiger partial charge in [-0.2, -0.15) is 4.31 Å². The van der Waals surface area contributed by atoms with Gasteiger partial charge >= 0.3 is 5.97 Å². The molecule has 0 spiro atoms. The molecular weight excluding hydrogens is 290 g/mol. The maximum Gasteiger partial charge on any atom is 0.318 e. The quantitative estimate of drug-likeness (QED) is 0.818. The summed E-state index contributed by atoms with van der Waals surface area (Å²) in [5, 5.41) is 8.83. The van der Waals surface area contributed by atoms with Gasteiger partial charge in [-0.15, -0.1) is 6.58 Å². The van der Waals surface area contributed by atoms with Gasteiger partial charge in [0.25, 0.3) is 0 Å². The lowest BCUT2D eigenvalue weighted by Crippen LogP contribution is -2.35.